The zero-order chi connectivity index (χ0) is 11.1. The second-order valence-corrected chi connectivity index (χ2v) is 4.65. The lowest BCUT2D eigenvalue weighted by Crippen LogP contribution is -2.49. The first-order valence-corrected chi connectivity index (χ1v) is 5.74. The average molecular weight is 217 g/mol. The zero-order valence-electron chi connectivity index (χ0n) is 9.32. The Labute approximate surface area is 94.8 Å². The Morgan fingerprint density at radius 1 is 1.44 bits per heavy atom. The van der Waals surface area contributed by atoms with Gasteiger partial charge in [0, 0.05) is 0 Å². The average Bonchev–Trinajstić information content (AvgIpc) is 2.28. The Balaban J connectivity index is 1.99. The van der Waals surface area contributed by atoms with Crippen LogP contribution in [-0.2, 0) is 16.0 Å². The maximum Gasteiger partial charge on any atom is 0.246 e. The summed E-state index contributed by atoms with van der Waals surface area (Å²) in [4.78, 5) is 11.3. The summed E-state index contributed by atoms with van der Waals surface area (Å²) in [5, 5.41) is 3.01. The number of ether oxygens (including phenoxy) is 1. The summed E-state index contributed by atoms with van der Waals surface area (Å²) in [5.74, 6) is 0.0114. The van der Waals surface area contributed by atoms with E-state index in [9.17, 15) is 4.79 Å². The van der Waals surface area contributed by atoms with Gasteiger partial charge < -0.3 is 10.1 Å². The molecule has 1 heterocycles. The molecule has 3 heteroatoms. The molecular weight excluding hydrogens is 202 g/mol. The van der Waals surface area contributed by atoms with E-state index in [4.69, 9.17) is 4.74 Å². The number of morpholine rings is 1. The SMILES string of the molecule is Cc1ccc2c(c1)[C@H]1OCC(=O)N[C@@H]1CC2. The first kappa shape index (κ1) is 9.85. The van der Waals surface area contributed by atoms with Gasteiger partial charge in [-0.2, -0.15) is 0 Å². The van der Waals surface area contributed by atoms with Crippen LogP contribution >= 0.6 is 0 Å². The Hall–Kier alpha value is -1.35. The molecule has 2 aliphatic rings. The summed E-state index contributed by atoms with van der Waals surface area (Å²) in [5.41, 5.74) is 3.87. The van der Waals surface area contributed by atoms with Crippen molar-refractivity contribution in [1.82, 2.24) is 5.32 Å². The Morgan fingerprint density at radius 2 is 2.31 bits per heavy atom. The number of fused-ring (bicyclic) bond motifs is 3. The maximum atomic E-state index is 11.3. The molecule has 0 unspecified atom stereocenters. The van der Waals surface area contributed by atoms with E-state index in [0.717, 1.165) is 12.8 Å². The van der Waals surface area contributed by atoms with Gasteiger partial charge in [-0.25, -0.2) is 0 Å². The zero-order valence-corrected chi connectivity index (χ0v) is 9.32. The third kappa shape index (κ3) is 1.52. The van der Waals surface area contributed by atoms with Gasteiger partial charge in [-0.15, -0.1) is 0 Å². The lowest BCUT2D eigenvalue weighted by Gasteiger charge is -2.37. The lowest BCUT2D eigenvalue weighted by atomic mass is 9.84. The van der Waals surface area contributed by atoms with Crippen molar-refractivity contribution in [3.8, 4) is 0 Å². The highest BCUT2D eigenvalue weighted by atomic mass is 16.5. The van der Waals surface area contributed by atoms with Crippen LogP contribution in [0.3, 0.4) is 0 Å². The van der Waals surface area contributed by atoms with Crippen molar-refractivity contribution in [3.63, 3.8) is 0 Å². The number of nitrogens with one attached hydrogen (secondary N) is 1. The Kier molecular flexibility index (Phi) is 2.21. The smallest absolute Gasteiger partial charge is 0.246 e. The molecule has 1 amide bonds. The summed E-state index contributed by atoms with van der Waals surface area (Å²) in [6.45, 7) is 2.28. The fraction of sp³-hybridized carbons (Fsp3) is 0.462. The van der Waals surface area contributed by atoms with Gasteiger partial charge in [0.05, 0.1) is 6.04 Å². The molecule has 0 spiro atoms. The number of hydrogen-bond donors (Lipinski definition) is 1. The molecular formula is C13H15NO2. The molecule has 1 fully saturated rings. The number of rotatable bonds is 0. The molecule has 3 rings (SSSR count). The van der Waals surface area contributed by atoms with Crippen molar-refractivity contribution >= 4 is 5.91 Å². The molecule has 1 aromatic carbocycles. The van der Waals surface area contributed by atoms with E-state index >= 15 is 0 Å². The number of benzene rings is 1. The monoisotopic (exact) mass is 217 g/mol. The third-order valence-electron chi connectivity index (χ3n) is 3.44. The van der Waals surface area contributed by atoms with Crippen LogP contribution in [0.5, 0.6) is 0 Å². The topological polar surface area (TPSA) is 38.3 Å². The van der Waals surface area contributed by atoms with Crippen LogP contribution < -0.4 is 5.32 Å². The van der Waals surface area contributed by atoms with Crippen molar-refractivity contribution < 1.29 is 9.53 Å². The van der Waals surface area contributed by atoms with Gasteiger partial charge in [0.15, 0.2) is 0 Å². The molecule has 1 aliphatic carbocycles. The summed E-state index contributed by atoms with van der Waals surface area (Å²) >= 11 is 0. The van der Waals surface area contributed by atoms with E-state index in [1.807, 2.05) is 0 Å². The number of carbonyl (C=O) groups is 1. The highest BCUT2D eigenvalue weighted by molar-refractivity contribution is 5.78. The van der Waals surface area contributed by atoms with Crippen LogP contribution in [0.1, 0.15) is 29.2 Å². The van der Waals surface area contributed by atoms with Gasteiger partial charge in [0.25, 0.3) is 0 Å². The molecule has 0 aromatic heterocycles. The normalized spacial score (nSPS) is 27.9. The van der Waals surface area contributed by atoms with E-state index in [-0.39, 0.29) is 24.7 Å². The number of hydrogen-bond acceptors (Lipinski definition) is 2. The molecule has 1 N–H and O–H groups in total. The predicted octanol–water partition coefficient (Wildman–Crippen LogP) is 1.50. The minimum absolute atomic E-state index is 0.0114. The van der Waals surface area contributed by atoms with E-state index in [2.05, 4.69) is 30.4 Å². The van der Waals surface area contributed by atoms with Crippen LogP contribution in [0.2, 0.25) is 0 Å². The number of carbonyl (C=O) groups excluding carboxylic acids is 1. The van der Waals surface area contributed by atoms with Crippen molar-refractivity contribution in [2.24, 2.45) is 0 Å². The maximum absolute atomic E-state index is 11.3. The van der Waals surface area contributed by atoms with Gasteiger partial charge in [-0.1, -0.05) is 23.8 Å². The standard InChI is InChI=1S/C13H15NO2/c1-8-2-3-9-4-5-11-13(10(9)6-8)16-7-12(15)14-11/h2-3,6,11,13H,4-5,7H2,1H3,(H,14,15)/t11-,13-/m1/s1. The molecule has 1 aliphatic heterocycles. The number of amides is 1. The largest absolute Gasteiger partial charge is 0.362 e. The van der Waals surface area contributed by atoms with Crippen molar-refractivity contribution in [3.05, 3.63) is 34.9 Å². The molecule has 16 heavy (non-hydrogen) atoms. The van der Waals surface area contributed by atoms with Crippen LogP contribution in [0.15, 0.2) is 18.2 Å². The molecule has 0 saturated carbocycles. The second kappa shape index (κ2) is 3.59. The third-order valence-corrected chi connectivity index (χ3v) is 3.44. The first-order valence-electron chi connectivity index (χ1n) is 5.74. The number of aryl methyl sites for hydroxylation is 2. The Bertz CT molecular complexity index is 442. The molecule has 1 aromatic rings. The highest BCUT2D eigenvalue weighted by Crippen LogP contribution is 2.34. The van der Waals surface area contributed by atoms with Crippen LogP contribution in [0.25, 0.3) is 0 Å². The molecule has 0 bridgehead atoms. The first-order chi connectivity index (χ1) is 7.74. The van der Waals surface area contributed by atoms with Gasteiger partial charge in [-0.3, -0.25) is 4.79 Å². The van der Waals surface area contributed by atoms with Crippen LogP contribution in [-0.4, -0.2) is 18.6 Å². The van der Waals surface area contributed by atoms with E-state index in [0.29, 0.717) is 0 Å². The van der Waals surface area contributed by atoms with Crippen LogP contribution in [0, 0.1) is 6.92 Å². The van der Waals surface area contributed by atoms with Gasteiger partial charge in [0.1, 0.15) is 12.7 Å². The predicted molar refractivity (Wildman–Crippen MR) is 60.1 cm³/mol. The van der Waals surface area contributed by atoms with Crippen molar-refractivity contribution in [2.45, 2.75) is 31.9 Å². The molecule has 0 radical (unpaired) electrons. The van der Waals surface area contributed by atoms with Crippen molar-refractivity contribution in [2.75, 3.05) is 6.61 Å². The second-order valence-electron chi connectivity index (χ2n) is 4.65. The molecule has 2 atom stereocenters. The fourth-order valence-electron chi connectivity index (χ4n) is 2.65. The van der Waals surface area contributed by atoms with E-state index in [1.165, 1.54) is 16.7 Å². The lowest BCUT2D eigenvalue weighted by molar-refractivity contribution is -0.137. The Morgan fingerprint density at radius 3 is 3.19 bits per heavy atom. The van der Waals surface area contributed by atoms with Crippen LogP contribution in [0.4, 0.5) is 0 Å². The molecule has 1 saturated heterocycles. The van der Waals surface area contributed by atoms with E-state index < -0.39 is 0 Å². The van der Waals surface area contributed by atoms with Gasteiger partial charge in [0.2, 0.25) is 5.91 Å². The molecule has 84 valence electrons. The molecule has 3 nitrogen and oxygen atoms in total. The summed E-state index contributed by atoms with van der Waals surface area (Å²) in [6, 6.07) is 6.67. The van der Waals surface area contributed by atoms with Gasteiger partial charge >= 0.3 is 0 Å². The van der Waals surface area contributed by atoms with E-state index in [1.54, 1.807) is 0 Å². The minimum Gasteiger partial charge on any atom is -0.362 e. The fourth-order valence-corrected chi connectivity index (χ4v) is 2.65. The summed E-state index contributed by atoms with van der Waals surface area (Å²) in [6.07, 6.45) is 2.06. The highest BCUT2D eigenvalue weighted by Gasteiger charge is 2.34. The minimum atomic E-state index is 0.0114. The summed E-state index contributed by atoms with van der Waals surface area (Å²) < 4.78 is 5.66. The quantitative estimate of drug-likeness (QED) is 0.715. The van der Waals surface area contributed by atoms with Crippen molar-refractivity contribution in [1.29, 1.82) is 0 Å². The summed E-state index contributed by atoms with van der Waals surface area (Å²) in [7, 11) is 0. The van der Waals surface area contributed by atoms with Gasteiger partial charge in [-0.05, 0) is 30.9 Å².